The minimum absolute atomic E-state index is 0.549. The molecule has 0 radical (unpaired) electrons. The van der Waals surface area contributed by atoms with Crippen LogP contribution in [-0.4, -0.2) is 21.1 Å². The number of hydrogen-bond donors (Lipinski definition) is 0. The molecule has 2 nitrogen and oxygen atoms in total. The number of nitrogens with zero attached hydrogens (tertiary/aromatic N) is 2. The highest BCUT2D eigenvalue weighted by Gasteiger charge is 2.45. The Balaban J connectivity index is 2.06. The second kappa shape index (κ2) is 8.13. The molecule has 32 heavy (non-hydrogen) atoms. The standard InChI is InChI=1S/C28H34N2Si2/c1-31(2,3)25-24(22-15-11-8-12-16-22)23-17-18-28(20-29,19-21-13-9-7-10-14-21)26(23)30-27(25)32(4,5)6/h7-16H,17-19H2,1-6H3/t28-/m0/s1. The first-order chi connectivity index (χ1) is 15.1. The van der Waals surface area contributed by atoms with E-state index in [1.54, 1.807) is 0 Å². The molecule has 0 saturated carbocycles. The molecule has 0 N–H and O–H groups in total. The molecule has 2 aromatic carbocycles. The van der Waals surface area contributed by atoms with Crippen molar-refractivity contribution in [3.8, 4) is 17.2 Å². The molecule has 1 aliphatic carbocycles. The van der Waals surface area contributed by atoms with E-state index < -0.39 is 21.6 Å². The van der Waals surface area contributed by atoms with Gasteiger partial charge in [-0.2, -0.15) is 5.26 Å². The van der Waals surface area contributed by atoms with Crippen LogP contribution in [0.25, 0.3) is 11.1 Å². The summed E-state index contributed by atoms with van der Waals surface area (Å²) in [6.45, 7) is 14.6. The highest BCUT2D eigenvalue weighted by atomic mass is 28.3. The van der Waals surface area contributed by atoms with Gasteiger partial charge in [-0.25, -0.2) is 0 Å². The first-order valence-electron chi connectivity index (χ1n) is 11.7. The van der Waals surface area contributed by atoms with Crippen molar-refractivity contribution in [1.29, 1.82) is 5.26 Å². The van der Waals surface area contributed by atoms with Crippen LogP contribution < -0.4 is 10.5 Å². The van der Waals surface area contributed by atoms with Gasteiger partial charge in [0.05, 0.1) is 19.8 Å². The molecule has 1 aliphatic rings. The minimum Gasteiger partial charge on any atom is -0.261 e. The van der Waals surface area contributed by atoms with Crippen LogP contribution in [0.2, 0.25) is 39.3 Å². The summed E-state index contributed by atoms with van der Waals surface area (Å²) in [5.74, 6) is 0. The summed E-state index contributed by atoms with van der Waals surface area (Å²) < 4.78 is 0. The molecular weight excluding hydrogens is 420 g/mol. The van der Waals surface area contributed by atoms with Crippen molar-refractivity contribution in [1.82, 2.24) is 4.98 Å². The summed E-state index contributed by atoms with van der Waals surface area (Å²) in [6.07, 6.45) is 2.51. The highest BCUT2D eigenvalue weighted by molar-refractivity contribution is 6.98. The Kier molecular flexibility index (Phi) is 5.77. The Morgan fingerprint density at radius 3 is 2.00 bits per heavy atom. The van der Waals surface area contributed by atoms with Gasteiger partial charge in [-0.05, 0) is 46.7 Å². The van der Waals surface area contributed by atoms with Crippen molar-refractivity contribution >= 4 is 26.7 Å². The molecule has 164 valence electrons. The molecule has 1 atom stereocenters. The number of rotatable bonds is 5. The van der Waals surface area contributed by atoms with Crippen molar-refractivity contribution in [2.75, 3.05) is 0 Å². The van der Waals surface area contributed by atoms with Gasteiger partial charge in [0.1, 0.15) is 13.5 Å². The van der Waals surface area contributed by atoms with Gasteiger partial charge in [-0.3, -0.25) is 4.98 Å². The molecule has 3 aromatic rings. The molecule has 1 heterocycles. The lowest BCUT2D eigenvalue weighted by Crippen LogP contribution is -2.59. The second-order valence-corrected chi connectivity index (χ2v) is 21.2. The van der Waals surface area contributed by atoms with Crippen LogP contribution in [0.4, 0.5) is 0 Å². The summed E-state index contributed by atoms with van der Waals surface area (Å²) in [6, 6.07) is 24.1. The van der Waals surface area contributed by atoms with Crippen molar-refractivity contribution in [2.45, 2.75) is 64.0 Å². The van der Waals surface area contributed by atoms with Crippen LogP contribution in [0.3, 0.4) is 0 Å². The molecule has 0 fully saturated rings. The highest BCUT2D eigenvalue weighted by Crippen LogP contribution is 2.43. The fourth-order valence-corrected chi connectivity index (χ4v) is 10.6. The van der Waals surface area contributed by atoms with Crippen molar-refractivity contribution in [3.05, 3.63) is 77.5 Å². The third-order valence-electron chi connectivity index (χ3n) is 6.64. The Morgan fingerprint density at radius 2 is 1.47 bits per heavy atom. The van der Waals surface area contributed by atoms with E-state index in [1.165, 1.54) is 32.8 Å². The fraction of sp³-hybridized carbons (Fsp3) is 0.357. The third kappa shape index (κ3) is 4.00. The van der Waals surface area contributed by atoms with Gasteiger partial charge in [0, 0.05) is 5.32 Å². The van der Waals surface area contributed by atoms with E-state index >= 15 is 0 Å². The van der Waals surface area contributed by atoms with Gasteiger partial charge in [0.15, 0.2) is 0 Å². The van der Waals surface area contributed by atoms with Gasteiger partial charge in [0.25, 0.3) is 0 Å². The predicted octanol–water partition coefficient (Wildman–Crippen LogP) is 5.79. The first kappa shape index (κ1) is 22.7. The van der Waals surface area contributed by atoms with Gasteiger partial charge < -0.3 is 0 Å². The number of fused-ring (bicyclic) bond motifs is 1. The van der Waals surface area contributed by atoms with E-state index in [0.717, 1.165) is 25.0 Å². The topological polar surface area (TPSA) is 36.7 Å². The third-order valence-corrected chi connectivity index (χ3v) is 10.7. The second-order valence-electron chi connectivity index (χ2n) is 11.3. The SMILES string of the molecule is C[Si](C)(C)c1nc2c(c(-c3ccccc3)c1[Si](C)(C)C)CC[C@@]2(C#N)Cc1ccccc1. The molecular formula is C28H34N2Si2. The molecule has 0 aliphatic heterocycles. The molecule has 0 spiro atoms. The van der Waals surface area contributed by atoms with Gasteiger partial charge >= 0.3 is 0 Å². The molecule has 4 heteroatoms. The van der Waals surface area contributed by atoms with Crippen LogP contribution >= 0.6 is 0 Å². The van der Waals surface area contributed by atoms with Crippen molar-refractivity contribution < 1.29 is 0 Å². The van der Waals surface area contributed by atoms with Crippen LogP contribution in [0.1, 0.15) is 23.2 Å². The Hall–Kier alpha value is -2.49. The molecule has 0 amide bonds. The molecule has 1 aromatic heterocycles. The number of benzene rings is 2. The van der Waals surface area contributed by atoms with E-state index in [0.29, 0.717) is 0 Å². The molecule has 0 saturated heterocycles. The number of nitriles is 1. The summed E-state index contributed by atoms with van der Waals surface area (Å²) in [5.41, 5.74) is 5.74. The summed E-state index contributed by atoms with van der Waals surface area (Å²) in [7, 11) is -3.45. The summed E-state index contributed by atoms with van der Waals surface area (Å²) in [4.78, 5) is 5.47. The largest absolute Gasteiger partial charge is 0.261 e. The zero-order chi connectivity index (χ0) is 23.1. The average molecular weight is 455 g/mol. The van der Waals surface area contributed by atoms with Gasteiger partial charge in [-0.1, -0.05) is 99.9 Å². The van der Waals surface area contributed by atoms with Gasteiger partial charge in [0.2, 0.25) is 0 Å². The van der Waals surface area contributed by atoms with Crippen LogP contribution in [-0.2, 0) is 18.3 Å². The van der Waals surface area contributed by atoms with E-state index in [9.17, 15) is 5.26 Å². The van der Waals surface area contributed by atoms with Crippen LogP contribution in [0.15, 0.2) is 60.7 Å². The maximum Gasteiger partial charge on any atom is 0.104 e. The zero-order valence-corrected chi connectivity index (χ0v) is 22.3. The minimum atomic E-state index is -1.75. The lowest BCUT2D eigenvalue weighted by Gasteiger charge is -2.33. The maximum atomic E-state index is 10.5. The first-order valence-corrected chi connectivity index (χ1v) is 18.7. The molecule has 4 rings (SSSR count). The summed E-state index contributed by atoms with van der Waals surface area (Å²) >= 11 is 0. The molecule has 0 unspecified atom stereocenters. The smallest absolute Gasteiger partial charge is 0.104 e. The maximum absolute atomic E-state index is 10.5. The average Bonchev–Trinajstić information content (AvgIpc) is 3.11. The van der Waals surface area contributed by atoms with Crippen molar-refractivity contribution in [2.24, 2.45) is 0 Å². The van der Waals surface area contributed by atoms with E-state index in [2.05, 4.69) is 99.9 Å². The lowest BCUT2D eigenvalue weighted by molar-refractivity contribution is 0.529. The summed E-state index contributed by atoms with van der Waals surface area (Å²) in [5, 5.41) is 13.4. The quantitative estimate of drug-likeness (QED) is 0.458. The fourth-order valence-electron chi connectivity index (χ4n) is 5.18. The Morgan fingerprint density at radius 1 is 0.875 bits per heavy atom. The Bertz CT molecular complexity index is 1170. The monoisotopic (exact) mass is 454 g/mol. The normalized spacial score (nSPS) is 18.3. The van der Waals surface area contributed by atoms with Gasteiger partial charge in [-0.15, -0.1) is 0 Å². The van der Waals surface area contributed by atoms with E-state index in [1.807, 2.05) is 6.07 Å². The van der Waals surface area contributed by atoms with Crippen LogP contribution in [0, 0.1) is 11.3 Å². The van der Waals surface area contributed by atoms with E-state index in [-0.39, 0.29) is 0 Å². The number of hydrogen-bond acceptors (Lipinski definition) is 2. The lowest BCUT2D eigenvalue weighted by atomic mass is 9.80. The Labute approximate surface area is 195 Å². The molecule has 0 bridgehead atoms. The number of aromatic nitrogens is 1. The predicted molar refractivity (Wildman–Crippen MR) is 141 cm³/mol. The number of pyridine rings is 1. The van der Waals surface area contributed by atoms with Crippen molar-refractivity contribution in [3.63, 3.8) is 0 Å². The van der Waals surface area contributed by atoms with E-state index in [4.69, 9.17) is 4.98 Å². The van der Waals surface area contributed by atoms with Crippen LogP contribution in [0.5, 0.6) is 0 Å². The zero-order valence-electron chi connectivity index (χ0n) is 20.3.